The van der Waals surface area contributed by atoms with Crippen molar-refractivity contribution < 1.29 is 14.6 Å². The van der Waals surface area contributed by atoms with Crippen molar-refractivity contribution in [2.45, 2.75) is 18.0 Å². The number of ether oxygens (including phenoxy) is 1. The summed E-state index contributed by atoms with van der Waals surface area (Å²) in [5.74, 6) is 0.908. The minimum absolute atomic E-state index is 0.179. The van der Waals surface area contributed by atoms with Crippen LogP contribution in [0.3, 0.4) is 0 Å². The van der Waals surface area contributed by atoms with Gasteiger partial charge in [-0.05, 0) is 35.4 Å². The number of aromatic carboxylic acids is 1. The molecule has 0 fully saturated rings. The van der Waals surface area contributed by atoms with Crippen LogP contribution in [0.5, 0.6) is 5.88 Å². The normalized spacial score (nSPS) is 13.4. The van der Waals surface area contributed by atoms with E-state index in [1.54, 1.807) is 18.2 Å². The summed E-state index contributed by atoms with van der Waals surface area (Å²) in [6, 6.07) is 23.1. The highest BCUT2D eigenvalue weighted by Crippen LogP contribution is 2.32. The first-order valence-corrected chi connectivity index (χ1v) is 11.3. The molecule has 1 aromatic heterocycles. The zero-order valence-corrected chi connectivity index (χ0v) is 18.1. The maximum atomic E-state index is 11.5. The molecule has 0 atom stereocenters. The van der Waals surface area contributed by atoms with Crippen LogP contribution >= 0.6 is 11.8 Å². The number of carbonyl (C=O) groups is 1. The Morgan fingerprint density at radius 3 is 2.69 bits per heavy atom. The van der Waals surface area contributed by atoms with Gasteiger partial charge in [0, 0.05) is 23.7 Å². The van der Waals surface area contributed by atoms with Gasteiger partial charge in [0.1, 0.15) is 6.61 Å². The Bertz CT molecular complexity index is 1280. The van der Waals surface area contributed by atoms with Gasteiger partial charge in [-0.1, -0.05) is 48.5 Å². The summed E-state index contributed by atoms with van der Waals surface area (Å²) in [6.07, 6.45) is 0. The van der Waals surface area contributed by atoms with E-state index in [1.165, 1.54) is 10.5 Å². The number of nitrogens with zero attached hydrogens (tertiary/aromatic N) is 3. The fraction of sp³-hybridized carbons (Fsp3) is 0.160. The first-order valence-electron chi connectivity index (χ1n) is 10.3. The summed E-state index contributed by atoms with van der Waals surface area (Å²) in [5.41, 5.74) is 3.09. The van der Waals surface area contributed by atoms with E-state index >= 15 is 0 Å². The topological polar surface area (TPSA) is 75.5 Å². The molecule has 0 saturated carbocycles. The molecule has 32 heavy (non-hydrogen) atoms. The molecule has 5 rings (SSSR count). The Kier molecular flexibility index (Phi) is 5.64. The molecule has 0 aliphatic carbocycles. The molecule has 1 aliphatic rings. The van der Waals surface area contributed by atoms with Gasteiger partial charge in [-0.2, -0.15) is 4.98 Å². The number of aromatic nitrogens is 2. The molecule has 3 aromatic carbocycles. The van der Waals surface area contributed by atoms with Crippen LogP contribution in [0, 0.1) is 0 Å². The van der Waals surface area contributed by atoms with E-state index in [0.717, 1.165) is 17.9 Å². The average Bonchev–Trinajstić information content (AvgIpc) is 3.05. The van der Waals surface area contributed by atoms with E-state index in [9.17, 15) is 9.90 Å². The molecular formula is C25H21N3O3S. The van der Waals surface area contributed by atoms with Crippen LogP contribution in [0.1, 0.15) is 21.5 Å². The Balaban J connectivity index is 1.54. The van der Waals surface area contributed by atoms with Gasteiger partial charge in [-0.3, -0.25) is 0 Å². The largest absolute Gasteiger partial charge is 0.478 e. The molecule has 7 heteroatoms. The summed E-state index contributed by atoms with van der Waals surface area (Å²) in [5, 5.41) is 10.0. The van der Waals surface area contributed by atoms with Crippen molar-refractivity contribution in [1.29, 1.82) is 0 Å². The number of benzene rings is 3. The predicted molar refractivity (Wildman–Crippen MR) is 125 cm³/mol. The number of thioether (sulfide) groups is 1. The Labute approximate surface area is 189 Å². The van der Waals surface area contributed by atoms with E-state index in [-0.39, 0.29) is 5.56 Å². The molecule has 160 valence electrons. The minimum Gasteiger partial charge on any atom is -0.478 e. The number of fused-ring (bicyclic) bond motifs is 2. The maximum Gasteiger partial charge on any atom is 0.335 e. The van der Waals surface area contributed by atoms with E-state index in [1.807, 2.05) is 48.2 Å². The SMILES string of the molecule is O=C(O)c1ccc2nc(N3CCSc4ccccc4C3)nc(OCc3ccccc3)c2c1. The third-order valence-electron chi connectivity index (χ3n) is 5.35. The van der Waals surface area contributed by atoms with Crippen LogP contribution in [0.2, 0.25) is 0 Å². The molecule has 4 aromatic rings. The molecule has 1 N–H and O–H groups in total. The second-order valence-electron chi connectivity index (χ2n) is 7.52. The van der Waals surface area contributed by atoms with Crippen LogP contribution in [0.15, 0.2) is 77.7 Å². The van der Waals surface area contributed by atoms with E-state index < -0.39 is 5.97 Å². The number of rotatable bonds is 5. The van der Waals surface area contributed by atoms with Gasteiger partial charge in [0.15, 0.2) is 0 Å². The van der Waals surface area contributed by atoms with E-state index in [0.29, 0.717) is 35.9 Å². The Morgan fingerprint density at radius 2 is 1.84 bits per heavy atom. The molecule has 2 heterocycles. The number of carboxylic acids is 1. The quantitative estimate of drug-likeness (QED) is 0.464. The lowest BCUT2D eigenvalue weighted by atomic mass is 10.1. The van der Waals surface area contributed by atoms with Gasteiger partial charge in [0.25, 0.3) is 0 Å². The molecule has 0 saturated heterocycles. The summed E-state index contributed by atoms with van der Waals surface area (Å²) < 4.78 is 6.10. The number of anilines is 1. The third-order valence-corrected chi connectivity index (χ3v) is 6.45. The van der Waals surface area contributed by atoms with Crippen molar-refractivity contribution in [2.75, 3.05) is 17.2 Å². The molecule has 0 amide bonds. The van der Waals surface area contributed by atoms with Crippen LogP contribution in [-0.2, 0) is 13.2 Å². The zero-order valence-electron chi connectivity index (χ0n) is 17.3. The summed E-state index contributed by atoms with van der Waals surface area (Å²) >= 11 is 1.83. The van der Waals surface area contributed by atoms with Gasteiger partial charge in [0.05, 0.1) is 16.5 Å². The van der Waals surface area contributed by atoms with Crippen molar-refractivity contribution in [1.82, 2.24) is 9.97 Å². The smallest absolute Gasteiger partial charge is 0.335 e. The summed E-state index contributed by atoms with van der Waals surface area (Å²) in [4.78, 5) is 24.5. The van der Waals surface area contributed by atoms with Gasteiger partial charge in [0.2, 0.25) is 11.8 Å². The lowest BCUT2D eigenvalue weighted by molar-refractivity contribution is 0.0697. The predicted octanol–water partition coefficient (Wildman–Crippen LogP) is 5.02. The van der Waals surface area contributed by atoms with E-state index in [2.05, 4.69) is 23.1 Å². The second-order valence-corrected chi connectivity index (χ2v) is 8.65. The maximum absolute atomic E-state index is 11.5. The van der Waals surface area contributed by atoms with Crippen LogP contribution < -0.4 is 9.64 Å². The number of hydrogen-bond donors (Lipinski definition) is 1. The lowest BCUT2D eigenvalue weighted by Crippen LogP contribution is -2.26. The standard InChI is InChI=1S/C25H21N3O3S/c29-24(30)18-10-11-21-20(14-18)23(31-16-17-6-2-1-3-7-17)27-25(26-21)28-12-13-32-22-9-5-4-8-19(22)15-28/h1-11,14H,12-13,15-16H2,(H,29,30). The molecular weight excluding hydrogens is 422 g/mol. The monoisotopic (exact) mass is 443 g/mol. The second kappa shape index (κ2) is 8.88. The zero-order chi connectivity index (χ0) is 21.9. The van der Waals surface area contributed by atoms with Gasteiger partial charge in [-0.25, -0.2) is 9.78 Å². The molecule has 1 aliphatic heterocycles. The highest BCUT2D eigenvalue weighted by Gasteiger charge is 2.20. The van der Waals surface area contributed by atoms with Crippen LogP contribution in [0.25, 0.3) is 10.9 Å². The lowest BCUT2D eigenvalue weighted by Gasteiger charge is -2.22. The first-order chi connectivity index (χ1) is 15.7. The van der Waals surface area contributed by atoms with Crippen LogP contribution in [0.4, 0.5) is 5.95 Å². The fourth-order valence-electron chi connectivity index (χ4n) is 3.70. The average molecular weight is 444 g/mol. The molecule has 0 radical (unpaired) electrons. The highest BCUT2D eigenvalue weighted by molar-refractivity contribution is 7.99. The van der Waals surface area contributed by atoms with Crippen molar-refractivity contribution in [3.8, 4) is 5.88 Å². The summed E-state index contributed by atoms with van der Waals surface area (Å²) in [7, 11) is 0. The van der Waals surface area contributed by atoms with E-state index in [4.69, 9.17) is 14.7 Å². The molecule has 6 nitrogen and oxygen atoms in total. The van der Waals surface area contributed by atoms with Gasteiger partial charge >= 0.3 is 5.97 Å². The molecule has 0 spiro atoms. The van der Waals surface area contributed by atoms with Crippen LogP contribution in [-0.4, -0.2) is 33.3 Å². The summed E-state index contributed by atoms with van der Waals surface area (Å²) in [6.45, 7) is 1.85. The Morgan fingerprint density at radius 1 is 1.03 bits per heavy atom. The number of carboxylic acid groups (broad SMARTS) is 1. The minimum atomic E-state index is -0.994. The van der Waals surface area contributed by atoms with Gasteiger partial charge in [-0.15, -0.1) is 11.8 Å². The Hall–Kier alpha value is -3.58. The van der Waals surface area contributed by atoms with Crippen molar-refractivity contribution in [3.63, 3.8) is 0 Å². The van der Waals surface area contributed by atoms with Crippen molar-refractivity contribution in [3.05, 3.63) is 89.5 Å². The fourth-order valence-corrected chi connectivity index (χ4v) is 4.72. The highest BCUT2D eigenvalue weighted by atomic mass is 32.2. The third kappa shape index (κ3) is 4.24. The van der Waals surface area contributed by atoms with Crippen molar-refractivity contribution in [2.24, 2.45) is 0 Å². The van der Waals surface area contributed by atoms with Crippen molar-refractivity contribution >= 4 is 34.6 Å². The number of hydrogen-bond acceptors (Lipinski definition) is 6. The first kappa shape index (κ1) is 20.3. The van der Waals surface area contributed by atoms with Gasteiger partial charge < -0.3 is 14.7 Å². The molecule has 0 bridgehead atoms. The molecule has 0 unspecified atom stereocenters.